The first kappa shape index (κ1) is 21.0. The average molecular weight is 463 g/mol. The maximum absolute atomic E-state index is 12.1. The number of methoxy groups -OCH3 is 1. The van der Waals surface area contributed by atoms with Crippen LogP contribution < -0.4 is 14.1 Å². The zero-order chi connectivity index (χ0) is 22.3. The highest BCUT2D eigenvalue weighted by Crippen LogP contribution is 2.51. The lowest BCUT2D eigenvalue weighted by molar-refractivity contribution is -0.142. The van der Waals surface area contributed by atoms with Crippen LogP contribution >= 0.6 is 6.64 Å². The molecule has 1 aliphatic rings. The summed E-state index contributed by atoms with van der Waals surface area (Å²) < 4.78 is 17.6. The Balaban J connectivity index is 1.74. The first-order valence-electron chi connectivity index (χ1n) is 10.3. The summed E-state index contributed by atoms with van der Waals surface area (Å²) >= 11 is 5.89. The van der Waals surface area contributed by atoms with E-state index >= 15 is 0 Å². The number of hydrogen-bond donors (Lipinski definition) is 1. The summed E-state index contributed by atoms with van der Waals surface area (Å²) in [5.74, 6) is 0.895. The molecule has 1 atom stereocenters. The lowest BCUT2D eigenvalue weighted by Crippen LogP contribution is -2.35. The van der Waals surface area contributed by atoms with Crippen molar-refractivity contribution >= 4 is 46.0 Å². The Bertz CT molecular complexity index is 1310. The molecule has 162 valence electrons. The number of carbonyl (C=O) groups excluding carboxylic acids is 1. The maximum Gasteiger partial charge on any atom is 0.366 e. The van der Waals surface area contributed by atoms with Crippen molar-refractivity contribution in [2.45, 2.75) is 19.4 Å². The van der Waals surface area contributed by atoms with Gasteiger partial charge < -0.3 is 13.8 Å². The fraction of sp³-hybridized carbons (Fsp3) is 0.160. The van der Waals surface area contributed by atoms with Crippen molar-refractivity contribution < 1.29 is 18.6 Å². The van der Waals surface area contributed by atoms with E-state index in [1.807, 2.05) is 48.5 Å². The van der Waals surface area contributed by atoms with Crippen LogP contribution in [0.1, 0.15) is 18.1 Å². The number of rotatable bonds is 3. The zero-order valence-corrected chi connectivity index (χ0v) is 19.4. The standard InChI is InChI=1S/C25H22NO4PS/c1-16(25(27)28-2)26-31(32)29-23-13-11-17-7-3-5-9-19(17)21(23)15-22-20-10-6-4-8-18(20)12-14-24(22)30-31/h3-14,16H,15H2,1-2H3,(H,26,32). The number of hydrogen-bond acceptors (Lipinski definition) is 5. The largest absolute Gasteiger partial charge is 0.468 e. The molecule has 0 radical (unpaired) electrons. The van der Waals surface area contributed by atoms with Gasteiger partial charge in [-0.05, 0) is 40.6 Å². The lowest BCUT2D eigenvalue weighted by atomic mass is 9.93. The van der Waals surface area contributed by atoms with Crippen LogP contribution in [0.15, 0.2) is 72.8 Å². The number of esters is 1. The van der Waals surface area contributed by atoms with Crippen molar-refractivity contribution in [3.8, 4) is 11.5 Å². The monoisotopic (exact) mass is 463 g/mol. The molecular formula is C25H22NO4PS. The summed E-state index contributed by atoms with van der Waals surface area (Å²) in [6.45, 7) is -1.46. The number of fused-ring (bicyclic) bond motifs is 6. The molecule has 32 heavy (non-hydrogen) atoms. The summed E-state index contributed by atoms with van der Waals surface area (Å²) in [6, 6.07) is 23.7. The quantitative estimate of drug-likeness (QED) is 0.309. The third kappa shape index (κ3) is 3.75. The van der Waals surface area contributed by atoms with Crippen molar-refractivity contribution in [2.24, 2.45) is 0 Å². The third-order valence-corrected chi connectivity index (χ3v) is 8.03. The van der Waals surface area contributed by atoms with Crippen molar-refractivity contribution in [3.63, 3.8) is 0 Å². The van der Waals surface area contributed by atoms with Crippen LogP contribution in [0.4, 0.5) is 0 Å². The Labute approximate surface area is 191 Å². The molecule has 4 aromatic carbocycles. The van der Waals surface area contributed by atoms with Crippen LogP contribution in [-0.2, 0) is 27.8 Å². The van der Waals surface area contributed by atoms with Crippen molar-refractivity contribution in [2.75, 3.05) is 7.11 Å². The predicted octanol–water partition coefficient (Wildman–Crippen LogP) is 5.73. The number of nitrogens with one attached hydrogen (secondary N) is 1. The molecule has 5 rings (SSSR count). The van der Waals surface area contributed by atoms with Crippen LogP contribution in [0.25, 0.3) is 21.5 Å². The summed E-state index contributed by atoms with van der Waals surface area (Å²) in [6.07, 6.45) is 0.634. The molecule has 0 fully saturated rings. The Morgan fingerprint density at radius 3 is 1.91 bits per heavy atom. The van der Waals surface area contributed by atoms with E-state index in [1.165, 1.54) is 7.11 Å². The van der Waals surface area contributed by atoms with E-state index in [9.17, 15) is 4.79 Å². The molecule has 0 saturated carbocycles. The number of ether oxygens (including phenoxy) is 1. The minimum absolute atomic E-state index is 0.430. The summed E-state index contributed by atoms with van der Waals surface area (Å²) in [4.78, 5) is 12.1. The molecule has 7 heteroatoms. The first-order valence-corrected chi connectivity index (χ1v) is 13.0. The molecule has 1 aliphatic heterocycles. The van der Waals surface area contributed by atoms with Gasteiger partial charge in [-0.25, -0.2) is 5.09 Å². The molecule has 0 amide bonds. The SMILES string of the molecule is COC(=O)C(C)NP1(=S)Oc2ccc3ccccc3c2Cc2c(ccc3ccccc23)O1. The molecule has 1 N–H and O–H groups in total. The second-order valence-electron chi connectivity index (χ2n) is 7.76. The average Bonchev–Trinajstić information content (AvgIpc) is 2.79. The second-order valence-corrected chi connectivity index (χ2v) is 10.8. The van der Waals surface area contributed by atoms with Crippen LogP contribution in [0.3, 0.4) is 0 Å². The molecule has 4 aromatic rings. The minimum Gasteiger partial charge on any atom is -0.468 e. The van der Waals surface area contributed by atoms with E-state index in [4.69, 9.17) is 25.6 Å². The Morgan fingerprint density at radius 1 is 0.906 bits per heavy atom. The van der Waals surface area contributed by atoms with Crippen molar-refractivity contribution in [3.05, 3.63) is 83.9 Å². The lowest BCUT2D eigenvalue weighted by Gasteiger charge is -2.31. The second kappa shape index (κ2) is 8.21. The summed E-state index contributed by atoms with van der Waals surface area (Å²) in [5, 5.41) is 7.56. The molecule has 0 aromatic heterocycles. The minimum atomic E-state index is -3.15. The summed E-state index contributed by atoms with van der Waals surface area (Å²) in [7, 11) is 1.34. The molecule has 1 unspecified atom stereocenters. The van der Waals surface area contributed by atoms with E-state index in [0.29, 0.717) is 17.9 Å². The third-order valence-electron chi connectivity index (χ3n) is 5.69. The Hall–Kier alpha value is -2.92. The van der Waals surface area contributed by atoms with Gasteiger partial charge in [-0.1, -0.05) is 60.7 Å². The van der Waals surface area contributed by atoms with Crippen molar-refractivity contribution in [1.82, 2.24) is 5.09 Å². The smallest absolute Gasteiger partial charge is 0.366 e. The highest BCUT2D eigenvalue weighted by Gasteiger charge is 2.32. The normalized spacial score (nSPS) is 15.4. The fourth-order valence-electron chi connectivity index (χ4n) is 4.14. The highest BCUT2D eigenvalue weighted by molar-refractivity contribution is 8.09. The van der Waals surface area contributed by atoms with Gasteiger partial charge in [0.05, 0.1) is 7.11 Å². The molecule has 0 spiro atoms. The number of carbonyl (C=O) groups is 1. The van der Waals surface area contributed by atoms with E-state index in [2.05, 4.69) is 29.4 Å². The van der Waals surface area contributed by atoms with Crippen molar-refractivity contribution in [1.29, 1.82) is 0 Å². The van der Waals surface area contributed by atoms with Gasteiger partial charge in [0.15, 0.2) is 0 Å². The molecule has 5 nitrogen and oxygen atoms in total. The fourth-order valence-corrected chi connectivity index (χ4v) is 6.68. The van der Waals surface area contributed by atoms with E-state index in [-0.39, 0.29) is 0 Å². The van der Waals surface area contributed by atoms with E-state index in [1.54, 1.807) is 6.92 Å². The summed E-state index contributed by atoms with van der Waals surface area (Å²) in [5.41, 5.74) is 2.09. The topological polar surface area (TPSA) is 56.8 Å². The molecular weight excluding hydrogens is 441 g/mol. The Kier molecular flexibility index (Phi) is 5.38. The predicted molar refractivity (Wildman–Crippen MR) is 131 cm³/mol. The molecule has 0 aliphatic carbocycles. The first-order chi connectivity index (χ1) is 15.5. The Morgan fingerprint density at radius 2 is 1.41 bits per heavy atom. The van der Waals surface area contributed by atoms with Crippen LogP contribution in [0.2, 0.25) is 0 Å². The van der Waals surface area contributed by atoms with Crippen LogP contribution in [-0.4, -0.2) is 19.1 Å². The van der Waals surface area contributed by atoms with Gasteiger partial charge in [0, 0.05) is 29.4 Å². The highest BCUT2D eigenvalue weighted by atomic mass is 32.5. The van der Waals surface area contributed by atoms with Crippen LogP contribution in [0.5, 0.6) is 11.5 Å². The molecule has 0 saturated heterocycles. The van der Waals surface area contributed by atoms with E-state index < -0.39 is 18.7 Å². The van der Waals surface area contributed by atoms with Gasteiger partial charge in [0.25, 0.3) is 0 Å². The van der Waals surface area contributed by atoms with Gasteiger partial charge in [-0.3, -0.25) is 4.79 Å². The van der Waals surface area contributed by atoms with Gasteiger partial charge >= 0.3 is 12.6 Å². The van der Waals surface area contributed by atoms with Gasteiger partial charge in [0.2, 0.25) is 0 Å². The molecule has 1 heterocycles. The van der Waals surface area contributed by atoms with Gasteiger partial charge in [-0.2, -0.15) is 0 Å². The van der Waals surface area contributed by atoms with E-state index in [0.717, 1.165) is 32.7 Å². The molecule has 0 bridgehead atoms. The van der Waals surface area contributed by atoms with Crippen LogP contribution in [0, 0.1) is 0 Å². The van der Waals surface area contributed by atoms with Gasteiger partial charge in [-0.15, -0.1) is 0 Å². The maximum atomic E-state index is 12.1. The number of benzene rings is 4. The zero-order valence-electron chi connectivity index (χ0n) is 17.7. The van der Waals surface area contributed by atoms with Gasteiger partial charge in [0.1, 0.15) is 17.5 Å².